The minimum atomic E-state index is -0.166. The van der Waals surface area contributed by atoms with Gasteiger partial charge in [-0.05, 0) is 31.9 Å². The number of anilines is 1. The summed E-state index contributed by atoms with van der Waals surface area (Å²) in [7, 11) is 0. The molecule has 1 N–H and O–H groups in total. The van der Waals surface area contributed by atoms with Gasteiger partial charge in [-0.15, -0.1) is 0 Å². The van der Waals surface area contributed by atoms with Crippen LogP contribution < -0.4 is 5.32 Å². The molecule has 2 aliphatic rings. The molecule has 1 fully saturated rings. The maximum atomic E-state index is 13.5. The molecule has 1 spiro atoms. The first-order valence-corrected chi connectivity index (χ1v) is 7.92. The predicted molar refractivity (Wildman–Crippen MR) is 80.5 cm³/mol. The van der Waals surface area contributed by atoms with Gasteiger partial charge in [-0.2, -0.15) is 0 Å². The number of amidine groups is 1. The van der Waals surface area contributed by atoms with Crippen molar-refractivity contribution in [2.45, 2.75) is 44.6 Å². The van der Waals surface area contributed by atoms with Crippen molar-refractivity contribution in [3.63, 3.8) is 0 Å². The second-order valence-electron chi connectivity index (χ2n) is 5.53. The minimum absolute atomic E-state index is 0.159. The fraction of sp³-hybridized carbons (Fsp3) is 0.533. The van der Waals surface area contributed by atoms with Crippen LogP contribution in [0.5, 0.6) is 0 Å². The van der Waals surface area contributed by atoms with Gasteiger partial charge in [0.25, 0.3) is 0 Å². The van der Waals surface area contributed by atoms with E-state index in [1.807, 2.05) is 6.07 Å². The van der Waals surface area contributed by atoms with Crippen LogP contribution in [0.1, 0.15) is 37.7 Å². The van der Waals surface area contributed by atoms with Crippen LogP contribution in [0.4, 0.5) is 10.1 Å². The summed E-state index contributed by atoms with van der Waals surface area (Å²) >= 11 is 1.77. The molecule has 1 aliphatic heterocycles. The fourth-order valence-corrected chi connectivity index (χ4v) is 4.07. The Morgan fingerprint density at radius 3 is 2.84 bits per heavy atom. The molecular formula is C15H19FN2S. The van der Waals surface area contributed by atoms with Crippen LogP contribution in [0, 0.1) is 12.7 Å². The lowest BCUT2D eigenvalue weighted by Gasteiger charge is -2.29. The highest BCUT2D eigenvalue weighted by atomic mass is 32.2. The average Bonchev–Trinajstić information content (AvgIpc) is 2.79. The molecule has 0 radical (unpaired) electrons. The van der Waals surface area contributed by atoms with Crippen LogP contribution in [0.15, 0.2) is 23.2 Å². The predicted octanol–water partition coefficient (Wildman–Crippen LogP) is 4.35. The molecular weight excluding hydrogens is 259 g/mol. The van der Waals surface area contributed by atoms with Gasteiger partial charge in [0, 0.05) is 17.0 Å². The Morgan fingerprint density at radius 1 is 1.26 bits per heavy atom. The van der Waals surface area contributed by atoms with E-state index in [0.29, 0.717) is 5.56 Å². The Labute approximate surface area is 117 Å². The molecule has 1 heterocycles. The van der Waals surface area contributed by atoms with Crippen molar-refractivity contribution in [2.24, 2.45) is 4.99 Å². The molecule has 3 rings (SSSR count). The number of halogens is 1. The van der Waals surface area contributed by atoms with Gasteiger partial charge in [0.15, 0.2) is 5.17 Å². The zero-order valence-electron chi connectivity index (χ0n) is 11.2. The Balaban J connectivity index is 1.77. The molecule has 1 aromatic rings. The first kappa shape index (κ1) is 13.0. The van der Waals surface area contributed by atoms with Crippen LogP contribution in [0.3, 0.4) is 0 Å². The third-order valence-electron chi connectivity index (χ3n) is 4.11. The number of thioether (sulfide) groups is 1. The van der Waals surface area contributed by atoms with E-state index < -0.39 is 0 Å². The van der Waals surface area contributed by atoms with Crippen molar-refractivity contribution in [3.05, 3.63) is 29.6 Å². The molecule has 1 saturated carbocycles. The van der Waals surface area contributed by atoms with Crippen molar-refractivity contribution in [1.82, 2.24) is 0 Å². The van der Waals surface area contributed by atoms with E-state index >= 15 is 0 Å². The lowest BCUT2D eigenvalue weighted by Crippen LogP contribution is -2.29. The lowest BCUT2D eigenvalue weighted by molar-refractivity contribution is 0.335. The number of benzene rings is 1. The van der Waals surface area contributed by atoms with Crippen LogP contribution in [0.2, 0.25) is 0 Å². The number of rotatable bonds is 1. The first-order chi connectivity index (χ1) is 9.19. The van der Waals surface area contributed by atoms with Gasteiger partial charge in [0.2, 0.25) is 0 Å². The average molecular weight is 278 g/mol. The van der Waals surface area contributed by atoms with Crippen LogP contribution >= 0.6 is 11.8 Å². The van der Waals surface area contributed by atoms with Crippen molar-refractivity contribution < 1.29 is 4.39 Å². The van der Waals surface area contributed by atoms with E-state index in [1.165, 1.54) is 38.2 Å². The second kappa shape index (κ2) is 5.16. The largest absolute Gasteiger partial charge is 0.335 e. The number of hydrogen-bond donors (Lipinski definition) is 1. The van der Waals surface area contributed by atoms with Crippen LogP contribution in [-0.4, -0.2) is 16.5 Å². The van der Waals surface area contributed by atoms with Crippen molar-refractivity contribution >= 4 is 22.6 Å². The van der Waals surface area contributed by atoms with Gasteiger partial charge >= 0.3 is 0 Å². The Kier molecular flexibility index (Phi) is 3.52. The van der Waals surface area contributed by atoms with E-state index in [1.54, 1.807) is 24.8 Å². The number of hydrogen-bond acceptors (Lipinski definition) is 3. The SMILES string of the molecule is Cc1c(F)cccc1NC1=NC2(CCCCC2)CS1. The van der Waals surface area contributed by atoms with Gasteiger partial charge in [-0.25, -0.2) is 4.39 Å². The number of nitrogens with one attached hydrogen (secondary N) is 1. The van der Waals surface area contributed by atoms with E-state index in [0.717, 1.165) is 16.6 Å². The summed E-state index contributed by atoms with van der Waals surface area (Å²) in [5.74, 6) is 0.907. The fourth-order valence-electron chi connectivity index (χ4n) is 2.87. The van der Waals surface area contributed by atoms with E-state index in [4.69, 9.17) is 4.99 Å². The molecule has 0 atom stereocenters. The molecule has 1 aliphatic carbocycles. The van der Waals surface area contributed by atoms with Gasteiger partial charge in [-0.1, -0.05) is 37.1 Å². The highest BCUT2D eigenvalue weighted by Gasteiger charge is 2.36. The molecule has 0 saturated heterocycles. The smallest absolute Gasteiger partial charge is 0.161 e. The quantitative estimate of drug-likeness (QED) is 0.825. The van der Waals surface area contributed by atoms with E-state index in [-0.39, 0.29) is 11.4 Å². The van der Waals surface area contributed by atoms with Crippen molar-refractivity contribution in [3.8, 4) is 0 Å². The molecule has 0 aromatic heterocycles. The second-order valence-corrected chi connectivity index (χ2v) is 6.49. The van der Waals surface area contributed by atoms with E-state index in [9.17, 15) is 4.39 Å². The highest BCUT2D eigenvalue weighted by molar-refractivity contribution is 8.14. The maximum Gasteiger partial charge on any atom is 0.161 e. The molecule has 0 amide bonds. The van der Waals surface area contributed by atoms with Crippen molar-refractivity contribution in [2.75, 3.05) is 11.1 Å². The zero-order valence-corrected chi connectivity index (χ0v) is 12.0. The first-order valence-electron chi connectivity index (χ1n) is 6.93. The summed E-state index contributed by atoms with van der Waals surface area (Å²) < 4.78 is 13.5. The van der Waals surface area contributed by atoms with Crippen LogP contribution in [-0.2, 0) is 0 Å². The maximum absolute atomic E-state index is 13.5. The highest BCUT2D eigenvalue weighted by Crippen LogP contribution is 2.40. The Bertz CT molecular complexity index is 507. The summed E-state index contributed by atoms with van der Waals surface area (Å²) in [4.78, 5) is 4.89. The third-order valence-corrected chi connectivity index (χ3v) is 5.26. The standard InChI is InChI=1S/C15H19FN2S/c1-11-12(16)6-5-7-13(11)17-14-18-15(10-19-14)8-3-2-4-9-15/h5-7H,2-4,8-10H2,1H3,(H,17,18). The minimum Gasteiger partial charge on any atom is -0.335 e. The molecule has 19 heavy (non-hydrogen) atoms. The molecule has 2 nitrogen and oxygen atoms in total. The normalized spacial score (nSPS) is 21.5. The van der Waals surface area contributed by atoms with Gasteiger partial charge in [-0.3, -0.25) is 4.99 Å². The van der Waals surface area contributed by atoms with Crippen LogP contribution in [0.25, 0.3) is 0 Å². The molecule has 102 valence electrons. The van der Waals surface area contributed by atoms with Crippen molar-refractivity contribution in [1.29, 1.82) is 0 Å². The molecule has 0 unspecified atom stereocenters. The summed E-state index contributed by atoms with van der Waals surface area (Å²) in [6.07, 6.45) is 6.32. The third kappa shape index (κ3) is 2.64. The van der Waals surface area contributed by atoms with E-state index in [2.05, 4.69) is 5.32 Å². The molecule has 0 bridgehead atoms. The lowest BCUT2D eigenvalue weighted by atomic mass is 9.84. The summed E-state index contributed by atoms with van der Waals surface area (Å²) in [5, 5.41) is 4.25. The zero-order chi connectivity index (χ0) is 13.3. The molecule has 4 heteroatoms. The number of aliphatic imine (C=N–C) groups is 1. The van der Waals surface area contributed by atoms with Gasteiger partial charge < -0.3 is 5.32 Å². The summed E-state index contributed by atoms with van der Waals surface area (Å²) in [5.41, 5.74) is 1.65. The summed E-state index contributed by atoms with van der Waals surface area (Å²) in [6, 6.07) is 5.14. The molecule has 1 aromatic carbocycles. The van der Waals surface area contributed by atoms with Gasteiger partial charge in [0.05, 0.1) is 5.54 Å². The van der Waals surface area contributed by atoms with Gasteiger partial charge in [0.1, 0.15) is 5.82 Å². The Hall–Kier alpha value is -1.03. The Morgan fingerprint density at radius 2 is 2.05 bits per heavy atom. The topological polar surface area (TPSA) is 24.4 Å². The number of nitrogens with zero attached hydrogens (tertiary/aromatic N) is 1. The summed E-state index contributed by atoms with van der Waals surface area (Å²) in [6.45, 7) is 1.80. The monoisotopic (exact) mass is 278 g/mol.